The Morgan fingerprint density at radius 2 is 1.55 bits per heavy atom. The lowest BCUT2D eigenvalue weighted by Crippen LogP contribution is -2.59. The predicted octanol–water partition coefficient (Wildman–Crippen LogP) is 4.41. The van der Waals surface area contributed by atoms with Gasteiger partial charge in [-0.05, 0) is 34.2 Å². The Balaban J connectivity index is 1.35. The Hall–Kier alpha value is -3.69. The van der Waals surface area contributed by atoms with Crippen LogP contribution in [-0.4, -0.2) is 49.4 Å². The number of ether oxygens (including phenoxy) is 2. The molecule has 0 saturated carbocycles. The molecule has 2 aliphatic rings. The number of amides is 2. The topological polar surface area (TPSA) is 102 Å². The largest absolute Gasteiger partial charge is 0.449 e. The summed E-state index contributed by atoms with van der Waals surface area (Å²) in [7, 11) is -3.97. The smallest absolute Gasteiger partial charge is 0.407 e. The van der Waals surface area contributed by atoms with Crippen molar-refractivity contribution in [3.05, 3.63) is 95.6 Å². The third-order valence-corrected chi connectivity index (χ3v) is 8.48. The van der Waals surface area contributed by atoms with Gasteiger partial charge >= 0.3 is 6.09 Å². The van der Waals surface area contributed by atoms with Gasteiger partial charge in [-0.3, -0.25) is 4.79 Å². The third kappa shape index (κ3) is 4.68. The van der Waals surface area contributed by atoms with E-state index in [-0.39, 0.29) is 32.0 Å². The van der Waals surface area contributed by atoms with Crippen LogP contribution in [0.2, 0.25) is 0 Å². The number of fused-ring (bicyclic) bond motifs is 3. The molecule has 3 aromatic carbocycles. The van der Waals surface area contributed by atoms with Crippen LogP contribution in [0.15, 0.2) is 78.9 Å². The van der Waals surface area contributed by atoms with E-state index >= 15 is 0 Å². The van der Waals surface area contributed by atoms with Gasteiger partial charge in [-0.1, -0.05) is 85.8 Å². The van der Waals surface area contributed by atoms with Crippen LogP contribution >= 0.6 is 0 Å². The molecule has 2 atom stereocenters. The van der Waals surface area contributed by atoms with Gasteiger partial charge in [0, 0.05) is 5.92 Å². The molecule has 9 heteroatoms. The van der Waals surface area contributed by atoms with Crippen molar-refractivity contribution in [1.82, 2.24) is 9.62 Å². The number of carbonyl (C=O) groups excluding carboxylic acids is 2. The first-order valence-electron chi connectivity index (χ1n) is 12.6. The molecule has 2 amide bonds. The molecular formula is C29H30N2O6S. The predicted molar refractivity (Wildman–Crippen MR) is 143 cm³/mol. The van der Waals surface area contributed by atoms with Gasteiger partial charge < -0.3 is 14.8 Å². The van der Waals surface area contributed by atoms with Gasteiger partial charge in [-0.25, -0.2) is 17.5 Å². The second-order valence-corrected chi connectivity index (χ2v) is 11.5. The number of nitrogens with one attached hydrogen (secondary N) is 1. The molecule has 1 fully saturated rings. The lowest BCUT2D eigenvalue weighted by Gasteiger charge is -2.39. The van der Waals surface area contributed by atoms with Crippen molar-refractivity contribution in [3.63, 3.8) is 0 Å². The minimum atomic E-state index is -3.97. The molecule has 1 unspecified atom stereocenters. The third-order valence-electron chi connectivity index (χ3n) is 7.30. The van der Waals surface area contributed by atoms with E-state index in [2.05, 4.69) is 17.4 Å². The lowest BCUT2D eigenvalue weighted by molar-refractivity contribution is -0.149. The standard InChI is InChI=1S/C29H30N2O6S/c1-3-29(37-18-20-11-5-4-6-12-20)26(17-27(32)31(29)38(2,34)35)30-28(33)36-19-25-23-15-9-7-13-21(23)22-14-8-10-16-24(22)25/h4-16,25-26H,3,17-19H2,1-2H3,(H,30,33)/t26-,29?/m1/s1. The van der Waals surface area contributed by atoms with E-state index in [0.29, 0.717) is 0 Å². The maximum absolute atomic E-state index is 13.1. The van der Waals surface area contributed by atoms with Crippen LogP contribution < -0.4 is 5.32 Å². The normalized spacial score (nSPS) is 20.7. The highest BCUT2D eigenvalue weighted by Gasteiger charge is 2.57. The van der Waals surface area contributed by atoms with Crippen LogP contribution in [0.5, 0.6) is 0 Å². The van der Waals surface area contributed by atoms with Crippen molar-refractivity contribution >= 4 is 22.0 Å². The second kappa shape index (κ2) is 10.2. The van der Waals surface area contributed by atoms with Crippen LogP contribution in [0.25, 0.3) is 11.1 Å². The number of rotatable bonds is 8. The highest BCUT2D eigenvalue weighted by Crippen LogP contribution is 2.44. The summed E-state index contributed by atoms with van der Waals surface area (Å²) >= 11 is 0. The Kier molecular flexibility index (Phi) is 6.98. The van der Waals surface area contributed by atoms with Crippen molar-refractivity contribution in [2.75, 3.05) is 12.9 Å². The Morgan fingerprint density at radius 1 is 0.974 bits per heavy atom. The first-order chi connectivity index (χ1) is 18.2. The SMILES string of the molecule is CCC1(OCc2ccccc2)[C@H](NC(=O)OCC2c3ccccc3-c3ccccc32)CC(=O)N1S(C)(=O)=O. The molecule has 1 aliphatic heterocycles. The molecular weight excluding hydrogens is 504 g/mol. The first-order valence-corrected chi connectivity index (χ1v) is 14.4. The zero-order valence-electron chi connectivity index (χ0n) is 21.3. The highest BCUT2D eigenvalue weighted by atomic mass is 32.2. The minimum Gasteiger partial charge on any atom is -0.449 e. The minimum absolute atomic E-state index is 0.0663. The van der Waals surface area contributed by atoms with Crippen LogP contribution in [0.1, 0.15) is 42.4 Å². The summed E-state index contributed by atoms with van der Waals surface area (Å²) in [6.45, 7) is 1.89. The second-order valence-electron chi connectivity index (χ2n) is 9.62. The summed E-state index contributed by atoms with van der Waals surface area (Å²) in [5, 5.41) is 2.75. The molecule has 0 bridgehead atoms. The highest BCUT2D eigenvalue weighted by molar-refractivity contribution is 7.89. The molecule has 3 aromatic rings. The number of alkyl carbamates (subject to hydrolysis) is 1. The number of hydrogen-bond donors (Lipinski definition) is 1. The van der Waals surface area contributed by atoms with E-state index in [0.717, 1.165) is 38.4 Å². The first kappa shape index (κ1) is 25.9. The van der Waals surface area contributed by atoms with Crippen LogP contribution in [0.3, 0.4) is 0 Å². The molecule has 8 nitrogen and oxygen atoms in total. The zero-order chi connectivity index (χ0) is 26.9. The summed E-state index contributed by atoms with van der Waals surface area (Å²) in [6, 6.07) is 24.4. The van der Waals surface area contributed by atoms with Gasteiger partial charge in [0.2, 0.25) is 15.9 Å². The van der Waals surface area contributed by atoms with Crippen molar-refractivity contribution in [1.29, 1.82) is 0 Å². The van der Waals surface area contributed by atoms with Crippen molar-refractivity contribution < 1.29 is 27.5 Å². The average Bonchev–Trinajstić information content (AvgIpc) is 3.38. The number of nitrogens with zero attached hydrogens (tertiary/aromatic N) is 1. The summed E-state index contributed by atoms with van der Waals surface area (Å²) < 4.78 is 38.0. The van der Waals surface area contributed by atoms with E-state index in [1.807, 2.05) is 66.7 Å². The fourth-order valence-electron chi connectivity index (χ4n) is 5.62. The van der Waals surface area contributed by atoms with Gasteiger partial charge in [0.15, 0.2) is 5.72 Å². The summed E-state index contributed by atoms with van der Waals surface area (Å²) in [6.07, 6.45) is 0.158. The van der Waals surface area contributed by atoms with Crippen molar-refractivity contribution in [2.24, 2.45) is 0 Å². The fraction of sp³-hybridized carbons (Fsp3) is 0.310. The molecule has 1 N–H and O–H groups in total. The van der Waals surface area contributed by atoms with Gasteiger partial charge in [-0.2, -0.15) is 0 Å². The summed E-state index contributed by atoms with van der Waals surface area (Å²) in [5.41, 5.74) is 3.62. The Morgan fingerprint density at radius 3 is 2.13 bits per heavy atom. The van der Waals surface area contributed by atoms with Crippen molar-refractivity contribution in [2.45, 2.75) is 44.1 Å². The van der Waals surface area contributed by atoms with Gasteiger partial charge in [-0.15, -0.1) is 0 Å². The maximum Gasteiger partial charge on any atom is 0.407 e. The summed E-state index contributed by atoms with van der Waals surface area (Å²) in [4.78, 5) is 26.0. The number of benzene rings is 3. The number of sulfonamides is 1. The van der Waals surface area contributed by atoms with Gasteiger partial charge in [0.25, 0.3) is 0 Å². The number of carbonyl (C=O) groups is 2. The molecule has 0 radical (unpaired) electrons. The average molecular weight is 535 g/mol. The van der Waals surface area contributed by atoms with Crippen LogP contribution in [-0.2, 0) is 30.9 Å². The maximum atomic E-state index is 13.1. The van der Waals surface area contributed by atoms with Crippen LogP contribution in [0, 0.1) is 0 Å². The van der Waals surface area contributed by atoms with E-state index < -0.39 is 33.8 Å². The Labute approximate surface area is 222 Å². The Bertz CT molecular complexity index is 1410. The molecule has 1 aliphatic carbocycles. The van der Waals surface area contributed by atoms with E-state index in [9.17, 15) is 18.0 Å². The zero-order valence-corrected chi connectivity index (χ0v) is 22.1. The van der Waals surface area contributed by atoms with E-state index in [4.69, 9.17) is 9.47 Å². The molecule has 0 spiro atoms. The molecule has 1 heterocycles. The van der Waals surface area contributed by atoms with E-state index in [1.165, 1.54) is 0 Å². The fourth-order valence-corrected chi connectivity index (χ4v) is 6.93. The lowest BCUT2D eigenvalue weighted by atomic mass is 9.98. The number of hydrogen-bond acceptors (Lipinski definition) is 6. The molecule has 0 aromatic heterocycles. The van der Waals surface area contributed by atoms with Crippen LogP contribution in [0.4, 0.5) is 4.79 Å². The monoisotopic (exact) mass is 534 g/mol. The van der Waals surface area contributed by atoms with E-state index in [1.54, 1.807) is 6.92 Å². The molecule has 198 valence electrons. The van der Waals surface area contributed by atoms with Gasteiger partial charge in [0.1, 0.15) is 6.61 Å². The van der Waals surface area contributed by atoms with Crippen molar-refractivity contribution in [3.8, 4) is 11.1 Å². The molecule has 5 rings (SSSR count). The van der Waals surface area contributed by atoms with Gasteiger partial charge in [0.05, 0.1) is 25.3 Å². The molecule has 1 saturated heterocycles. The summed E-state index contributed by atoms with van der Waals surface area (Å²) in [5.74, 6) is -0.762. The quantitative estimate of drug-likeness (QED) is 0.459. The molecule has 38 heavy (non-hydrogen) atoms.